The monoisotopic (exact) mass is 266 g/mol. The number of hydrogen-bond donors (Lipinski definition) is 0. The highest BCUT2D eigenvalue weighted by Crippen LogP contribution is 2.17. The number of carbonyl (C=O) groups excluding carboxylic acids is 1. The first kappa shape index (κ1) is 14.5. The van der Waals surface area contributed by atoms with E-state index >= 15 is 0 Å². The zero-order chi connectivity index (χ0) is 14.5. The molecule has 2 rings (SSSR count). The largest absolute Gasteiger partial charge is 0.294 e. The molecule has 1 heteroatoms. The lowest BCUT2D eigenvalue weighted by atomic mass is 9.95. The van der Waals surface area contributed by atoms with Crippen molar-refractivity contribution in [3.05, 3.63) is 70.3 Å². The number of carbonyl (C=O) groups is 1. The van der Waals surface area contributed by atoms with Gasteiger partial charge in [0, 0.05) is 12.0 Å². The van der Waals surface area contributed by atoms with Crippen molar-refractivity contribution in [3.63, 3.8) is 0 Å². The van der Waals surface area contributed by atoms with Crippen LogP contribution in [0.4, 0.5) is 0 Å². The Hall–Kier alpha value is -1.89. The van der Waals surface area contributed by atoms with Gasteiger partial charge in [0.15, 0.2) is 5.78 Å². The van der Waals surface area contributed by atoms with E-state index in [0.717, 1.165) is 24.0 Å². The quantitative estimate of drug-likeness (QED) is 0.726. The zero-order valence-corrected chi connectivity index (χ0v) is 12.6. The number of benzene rings is 2. The number of aryl methyl sites for hydroxylation is 3. The fourth-order valence-corrected chi connectivity index (χ4v) is 2.56. The molecule has 0 N–H and O–H groups in total. The van der Waals surface area contributed by atoms with Crippen LogP contribution in [0.5, 0.6) is 0 Å². The molecule has 2 aromatic rings. The van der Waals surface area contributed by atoms with Gasteiger partial charge in [-0.15, -0.1) is 0 Å². The van der Waals surface area contributed by atoms with Gasteiger partial charge in [-0.05, 0) is 48.1 Å². The molecule has 0 radical (unpaired) electrons. The highest BCUT2D eigenvalue weighted by Gasteiger charge is 2.10. The average molecular weight is 266 g/mol. The summed E-state index contributed by atoms with van der Waals surface area (Å²) >= 11 is 0. The molecule has 0 unspecified atom stereocenters. The van der Waals surface area contributed by atoms with E-state index in [1.165, 1.54) is 16.7 Å². The summed E-state index contributed by atoms with van der Waals surface area (Å²) in [4.78, 5) is 12.4. The molecule has 0 atom stereocenters. The molecule has 20 heavy (non-hydrogen) atoms. The molecular formula is C19H22O. The Balaban J connectivity index is 2.24. The van der Waals surface area contributed by atoms with Crippen molar-refractivity contribution < 1.29 is 4.79 Å². The summed E-state index contributed by atoms with van der Waals surface area (Å²) in [6.07, 6.45) is 2.49. The molecule has 0 amide bonds. The predicted octanol–water partition coefficient (Wildman–Crippen LogP) is 4.55. The van der Waals surface area contributed by atoms with Crippen molar-refractivity contribution in [3.8, 4) is 0 Å². The molecule has 0 spiro atoms. The van der Waals surface area contributed by atoms with Crippen molar-refractivity contribution in [1.82, 2.24) is 0 Å². The van der Waals surface area contributed by atoms with Gasteiger partial charge in [-0.25, -0.2) is 0 Å². The fraction of sp³-hybridized carbons (Fsp3) is 0.316. The minimum absolute atomic E-state index is 0.205. The van der Waals surface area contributed by atoms with E-state index in [0.29, 0.717) is 6.42 Å². The normalized spacial score (nSPS) is 10.6. The maximum Gasteiger partial charge on any atom is 0.167 e. The van der Waals surface area contributed by atoms with Crippen LogP contribution in [0.15, 0.2) is 42.5 Å². The standard InChI is InChI=1S/C19H22O/c1-4-15-10-11-18(12-16(15)5-2)19(20)13-17-9-7-6-8-14(17)3/h6-12H,4-5,13H2,1-3H3. The number of Topliss-reactive ketones (excluding diaryl/α,β-unsaturated/α-hetero) is 1. The van der Waals surface area contributed by atoms with E-state index in [1.54, 1.807) is 0 Å². The van der Waals surface area contributed by atoms with Gasteiger partial charge in [-0.3, -0.25) is 4.79 Å². The molecule has 0 saturated carbocycles. The van der Waals surface area contributed by atoms with Crippen molar-refractivity contribution in [2.75, 3.05) is 0 Å². The summed E-state index contributed by atoms with van der Waals surface area (Å²) in [7, 11) is 0. The second-order valence-electron chi connectivity index (χ2n) is 5.22. The van der Waals surface area contributed by atoms with Crippen LogP contribution in [0, 0.1) is 6.92 Å². The molecule has 0 aromatic heterocycles. The lowest BCUT2D eigenvalue weighted by molar-refractivity contribution is 0.0992. The first-order valence-corrected chi connectivity index (χ1v) is 7.35. The third-order valence-electron chi connectivity index (χ3n) is 3.90. The molecule has 0 saturated heterocycles. The van der Waals surface area contributed by atoms with Gasteiger partial charge in [-0.2, -0.15) is 0 Å². The smallest absolute Gasteiger partial charge is 0.167 e. The van der Waals surface area contributed by atoms with Crippen LogP contribution in [0.25, 0.3) is 0 Å². The minimum Gasteiger partial charge on any atom is -0.294 e. The van der Waals surface area contributed by atoms with Crippen molar-refractivity contribution >= 4 is 5.78 Å². The molecule has 1 nitrogen and oxygen atoms in total. The van der Waals surface area contributed by atoms with E-state index in [4.69, 9.17) is 0 Å². The molecule has 0 heterocycles. The Kier molecular flexibility index (Phi) is 4.73. The van der Waals surface area contributed by atoms with E-state index in [-0.39, 0.29) is 5.78 Å². The maximum atomic E-state index is 12.4. The highest BCUT2D eigenvalue weighted by molar-refractivity contribution is 5.97. The van der Waals surface area contributed by atoms with E-state index < -0.39 is 0 Å². The van der Waals surface area contributed by atoms with Crippen molar-refractivity contribution in [2.45, 2.75) is 40.0 Å². The molecule has 0 fully saturated rings. The van der Waals surface area contributed by atoms with Crippen LogP contribution < -0.4 is 0 Å². The van der Waals surface area contributed by atoms with Gasteiger partial charge >= 0.3 is 0 Å². The summed E-state index contributed by atoms with van der Waals surface area (Å²) in [5, 5.41) is 0. The Morgan fingerprint density at radius 2 is 1.60 bits per heavy atom. The lowest BCUT2D eigenvalue weighted by Gasteiger charge is -2.09. The molecule has 0 aliphatic rings. The summed E-state index contributed by atoms with van der Waals surface area (Å²) in [5.41, 5.74) is 5.78. The summed E-state index contributed by atoms with van der Waals surface area (Å²) < 4.78 is 0. The maximum absolute atomic E-state index is 12.4. The van der Waals surface area contributed by atoms with Gasteiger partial charge < -0.3 is 0 Å². The SMILES string of the molecule is CCc1ccc(C(=O)Cc2ccccc2C)cc1CC. The highest BCUT2D eigenvalue weighted by atomic mass is 16.1. The molecular weight excluding hydrogens is 244 g/mol. The molecule has 0 aliphatic carbocycles. The summed E-state index contributed by atoms with van der Waals surface area (Å²) in [6.45, 7) is 6.35. The van der Waals surface area contributed by atoms with E-state index in [1.807, 2.05) is 24.3 Å². The Morgan fingerprint density at radius 1 is 0.900 bits per heavy atom. The fourth-order valence-electron chi connectivity index (χ4n) is 2.56. The van der Waals surface area contributed by atoms with Crippen LogP contribution in [0.3, 0.4) is 0 Å². The van der Waals surface area contributed by atoms with Gasteiger partial charge in [0.2, 0.25) is 0 Å². The van der Waals surface area contributed by atoms with Gasteiger partial charge in [0.25, 0.3) is 0 Å². The lowest BCUT2D eigenvalue weighted by Crippen LogP contribution is -2.06. The average Bonchev–Trinajstić information content (AvgIpc) is 2.48. The summed E-state index contributed by atoms with van der Waals surface area (Å²) in [6, 6.07) is 14.2. The predicted molar refractivity (Wildman–Crippen MR) is 84.4 cm³/mol. The first-order valence-electron chi connectivity index (χ1n) is 7.35. The Morgan fingerprint density at radius 3 is 2.25 bits per heavy atom. The van der Waals surface area contributed by atoms with Crippen LogP contribution in [-0.4, -0.2) is 5.78 Å². The molecule has 0 aliphatic heterocycles. The van der Waals surface area contributed by atoms with Gasteiger partial charge in [0.1, 0.15) is 0 Å². The Labute approximate surface area is 121 Å². The molecule has 2 aromatic carbocycles. The topological polar surface area (TPSA) is 17.1 Å². The minimum atomic E-state index is 0.205. The Bertz CT molecular complexity index is 611. The van der Waals surface area contributed by atoms with Crippen LogP contribution in [0.1, 0.15) is 46.5 Å². The second kappa shape index (κ2) is 6.51. The van der Waals surface area contributed by atoms with Crippen molar-refractivity contribution in [2.24, 2.45) is 0 Å². The van der Waals surface area contributed by atoms with Gasteiger partial charge in [0.05, 0.1) is 0 Å². The van der Waals surface area contributed by atoms with Crippen LogP contribution >= 0.6 is 0 Å². The third-order valence-corrected chi connectivity index (χ3v) is 3.90. The first-order chi connectivity index (χ1) is 9.65. The van der Waals surface area contributed by atoms with Crippen LogP contribution in [0.2, 0.25) is 0 Å². The zero-order valence-electron chi connectivity index (χ0n) is 12.6. The number of ketones is 1. The van der Waals surface area contributed by atoms with E-state index in [2.05, 4.69) is 39.0 Å². The van der Waals surface area contributed by atoms with E-state index in [9.17, 15) is 4.79 Å². The van der Waals surface area contributed by atoms with Gasteiger partial charge in [-0.1, -0.05) is 50.2 Å². The molecule has 104 valence electrons. The third kappa shape index (κ3) is 3.16. The van der Waals surface area contributed by atoms with Crippen molar-refractivity contribution in [1.29, 1.82) is 0 Å². The summed E-state index contributed by atoms with van der Waals surface area (Å²) in [5.74, 6) is 0.205. The second-order valence-corrected chi connectivity index (χ2v) is 5.22. The number of hydrogen-bond acceptors (Lipinski definition) is 1. The molecule has 0 bridgehead atoms. The van der Waals surface area contributed by atoms with Crippen LogP contribution in [-0.2, 0) is 19.3 Å². The number of rotatable bonds is 5.